The predicted octanol–water partition coefficient (Wildman–Crippen LogP) is 6.31. The van der Waals surface area contributed by atoms with E-state index in [2.05, 4.69) is 5.16 Å². The van der Waals surface area contributed by atoms with Crippen LogP contribution in [-0.4, -0.2) is 16.2 Å². The standard InChI is InChI=1S/C19H14Cl2F3NO4/c1-2-3-11-15-12(17(25-29-15)19(22,23)24)8-13(21)16(11)28-14(18(26)27)9-4-6-10(20)7-5-9/h4-8,14H,2-3H2,1H3,(H,26,27). The molecule has 0 saturated heterocycles. The predicted molar refractivity (Wildman–Crippen MR) is 100 cm³/mol. The van der Waals surface area contributed by atoms with Gasteiger partial charge >= 0.3 is 12.1 Å². The van der Waals surface area contributed by atoms with Gasteiger partial charge in [-0.3, -0.25) is 0 Å². The molecule has 1 aromatic heterocycles. The molecule has 2 aromatic carbocycles. The van der Waals surface area contributed by atoms with Crippen molar-refractivity contribution in [1.29, 1.82) is 0 Å². The van der Waals surface area contributed by atoms with Gasteiger partial charge in [0.2, 0.25) is 6.10 Å². The van der Waals surface area contributed by atoms with Crippen LogP contribution in [0.2, 0.25) is 10.0 Å². The summed E-state index contributed by atoms with van der Waals surface area (Å²) >= 11 is 12.0. The molecule has 1 N–H and O–H groups in total. The second kappa shape index (κ2) is 8.12. The third kappa shape index (κ3) is 4.28. The number of ether oxygens (including phenoxy) is 1. The van der Waals surface area contributed by atoms with E-state index in [1.165, 1.54) is 24.3 Å². The highest BCUT2D eigenvalue weighted by molar-refractivity contribution is 6.33. The molecule has 0 saturated carbocycles. The Hall–Kier alpha value is -2.45. The maximum Gasteiger partial charge on any atom is 0.437 e. The number of nitrogens with zero attached hydrogens (tertiary/aromatic N) is 1. The molecule has 10 heteroatoms. The van der Waals surface area contributed by atoms with E-state index in [1.807, 2.05) is 0 Å². The van der Waals surface area contributed by atoms with Gasteiger partial charge in [-0.1, -0.05) is 53.8 Å². The molecule has 0 radical (unpaired) electrons. The van der Waals surface area contributed by atoms with Gasteiger partial charge in [-0.15, -0.1) is 0 Å². The van der Waals surface area contributed by atoms with Crippen LogP contribution < -0.4 is 4.74 Å². The van der Waals surface area contributed by atoms with Crippen molar-refractivity contribution in [2.24, 2.45) is 0 Å². The first kappa shape index (κ1) is 21.3. The van der Waals surface area contributed by atoms with E-state index in [9.17, 15) is 23.1 Å². The number of carboxylic acid groups (broad SMARTS) is 1. The summed E-state index contributed by atoms with van der Waals surface area (Å²) in [5.74, 6) is -1.37. The van der Waals surface area contributed by atoms with Gasteiger partial charge in [-0.05, 0) is 24.6 Å². The molecule has 0 fully saturated rings. The molecule has 154 valence electrons. The summed E-state index contributed by atoms with van der Waals surface area (Å²) in [6.07, 6.45) is -5.42. The topological polar surface area (TPSA) is 72.6 Å². The normalized spacial score (nSPS) is 12.9. The van der Waals surface area contributed by atoms with Crippen molar-refractivity contribution in [3.8, 4) is 5.75 Å². The first-order chi connectivity index (χ1) is 13.6. The maximum atomic E-state index is 13.2. The molecular formula is C19H14Cl2F3NO4. The van der Waals surface area contributed by atoms with Crippen molar-refractivity contribution in [1.82, 2.24) is 5.16 Å². The van der Waals surface area contributed by atoms with Crippen LogP contribution in [0, 0.1) is 0 Å². The van der Waals surface area contributed by atoms with Crippen LogP contribution in [0.15, 0.2) is 34.9 Å². The molecule has 3 rings (SSSR count). The van der Waals surface area contributed by atoms with Crippen LogP contribution >= 0.6 is 23.2 Å². The van der Waals surface area contributed by atoms with Crippen LogP contribution in [0.5, 0.6) is 5.75 Å². The second-order valence-corrected chi connectivity index (χ2v) is 7.05. The second-order valence-electron chi connectivity index (χ2n) is 6.21. The Morgan fingerprint density at radius 1 is 1.28 bits per heavy atom. The van der Waals surface area contributed by atoms with E-state index >= 15 is 0 Å². The lowest BCUT2D eigenvalue weighted by Gasteiger charge is -2.19. The number of carbonyl (C=O) groups is 1. The number of aromatic nitrogens is 1. The molecule has 0 aliphatic carbocycles. The monoisotopic (exact) mass is 447 g/mol. The van der Waals surface area contributed by atoms with Crippen molar-refractivity contribution >= 4 is 40.1 Å². The Morgan fingerprint density at radius 3 is 2.48 bits per heavy atom. The van der Waals surface area contributed by atoms with Gasteiger partial charge in [0.05, 0.1) is 10.4 Å². The van der Waals surface area contributed by atoms with Crippen molar-refractivity contribution in [3.63, 3.8) is 0 Å². The Kier molecular flexibility index (Phi) is 5.95. The number of hydrogen-bond donors (Lipinski definition) is 1. The van der Waals surface area contributed by atoms with E-state index in [1.54, 1.807) is 6.92 Å². The molecule has 0 bridgehead atoms. The third-order valence-corrected chi connectivity index (χ3v) is 4.70. The molecular weight excluding hydrogens is 434 g/mol. The number of hydrogen-bond acceptors (Lipinski definition) is 4. The van der Waals surface area contributed by atoms with Crippen molar-refractivity contribution in [3.05, 3.63) is 57.2 Å². The van der Waals surface area contributed by atoms with Crippen LogP contribution in [0.1, 0.15) is 36.3 Å². The van der Waals surface area contributed by atoms with E-state index in [4.69, 9.17) is 32.5 Å². The number of benzene rings is 2. The van der Waals surface area contributed by atoms with Gasteiger partial charge in [-0.25, -0.2) is 4.79 Å². The maximum absolute atomic E-state index is 13.2. The van der Waals surface area contributed by atoms with Gasteiger partial charge in [0.25, 0.3) is 0 Å². The van der Waals surface area contributed by atoms with E-state index in [0.717, 1.165) is 6.07 Å². The molecule has 0 aliphatic heterocycles. The zero-order valence-electron chi connectivity index (χ0n) is 14.9. The van der Waals surface area contributed by atoms with Crippen molar-refractivity contribution in [2.45, 2.75) is 32.0 Å². The first-order valence-corrected chi connectivity index (χ1v) is 9.22. The van der Waals surface area contributed by atoms with Gasteiger partial charge in [0.15, 0.2) is 11.3 Å². The summed E-state index contributed by atoms with van der Waals surface area (Å²) in [4.78, 5) is 11.8. The molecule has 29 heavy (non-hydrogen) atoms. The summed E-state index contributed by atoms with van der Waals surface area (Å²) in [5, 5.41) is 12.7. The van der Waals surface area contributed by atoms with E-state index < -0.39 is 23.9 Å². The Balaban J connectivity index is 2.14. The fourth-order valence-corrected chi connectivity index (χ4v) is 3.31. The highest BCUT2D eigenvalue weighted by Crippen LogP contribution is 2.43. The summed E-state index contributed by atoms with van der Waals surface area (Å²) in [7, 11) is 0. The zero-order valence-corrected chi connectivity index (χ0v) is 16.4. The van der Waals surface area contributed by atoms with Gasteiger partial charge in [0.1, 0.15) is 5.75 Å². The average Bonchev–Trinajstić information content (AvgIpc) is 3.06. The number of fused-ring (bicyclic) bond motifs is 1. The lowest BCUT2D eigenvalue weighted by Crippen LogP contribution is -2.19. The number of aryl methyl sites for hydroxylation is 1. The summed E-state index contributed by atoms with van der Waals surface area (Å²) in [6, 6.07) is 6.97. The Bertz CT molecular complexity index is 1050. The lowest BCUT2D eigenvalue weighted by atomic mass is 10.0. The quantitative estimate of drug-likeness (QED) is 0.479. The summed E-state index contributed by atoms with van der Waals surface area (Å²) in [6.45, 7) is 1.80. The minimum Gasteiger partial charge on any atom is -0.478 e. The minimum atomic E-state index is -4.73. The molecule has 0 aliphatic rings. The average molecular weight is 448 g/mol. The SMILES string of the molecule is CCCc1c(OC(C(=O)O)c2ccc(Cl)cc2)c(Cl)cc2c(C(F)(F)F)noc12. The lowest BCUT2D eigenvalue weighted by molar-refractivity contribution is -0.145. The fraction of sp³-hybridized carbons (Fsp3) is 0.263. The Morgan fingerprint density at radius 2 is 1.93 bits per heavy atom. The zero-order chi connectivity index (χ0) is 21.3. The van der Waals surface area contributed by atoms with Crippen LogP contribution in [0.4, 0.5) is 13.2 Å². The van der Waals surface area contributed by atoms with E-state index in [0.29, 0.717) is 11.4 Å². The molecule has 1 unspecified atom stereocenters. The molecule has 0 spiro atoms. The van der Waals surface area contributed by atoms with Gasteiger partial charge in [0, 0.05) is 16.1 Å². The number of alkyl halides is 3. The molecule has 1 atom stereocenters. The molecule has 1 heterocycles. The van der Waals surface area contributed by atoms with E-state index in [-0.39, 0.29) is 39.3 Å². The van der Waals surface area contributed by atoms with Crippen LogP contribution in [0.3, 0.4) is 0 Å². The summed E-state index contributed by atoms with van der Waals surface area (Å²) < 4.78 is 50.2. The minimum absolute atomic E-state index is 0.0618. The summed E-state index contributed by atoms with van der Waals surface area (Å²) in [5.41, 5.74) is -0.836. The molecule has 5 nitrogen and oxygen atoms in total. The van der Waals surface area contributed by atoms with Gasteiger partial charge in [-0.2, -0.15) is 13.2 Å². The Labute approximate surface area is 172 Å². The highest BCUT2D eigenvalue weighted by Gasteiger charge is 2.38. The fourth-order valence-electron chi connectivity index (χ4n) is 2.91. The first-order valence-electron chi connectivity index (χ1n) is 8.46. The van der Waals surface area contributed by atoms with Crippen molar-refractivity contribution in [2.75, 3.05) is 0 Å². The number of halogens is 5. The van der Waals surface area contributed by atoms with Crippen LogP contribution in [0.25, 0.3) is 11.0 Å². The largest absolute Gasteiger partial charge is 0.478 e. The number of aliphatic carboxylic acids is 1. The number of rotatable bonds is 6. The molecule has 3 aromatic rings. The third-order valence-electron chi connectivity index (χ3n) is 4.17. The van der Waals surface area contributed by atoms with Crippen molar-refractivity contribution < 1.29 is 32.3 Å². The van der Waals surface area contributed by atoms with Gasteiger partial charge < -0.3 is 14.4 Å². The highest BCUT2D eigenvalue weighted by atomic mass is 35.5. The smallest absolute Gasteiger partial charge is 0.437 e. The van der Waals surface area contributed by atoms with Crippen LogP contribution in [-0.2, 0) is 17.4 Å². The number of carboxylic acids is 1. The molecule has 0 amide bonds.